The predicted molar refractivity (Wildman–Crippen MR) is 65.2 cm³/mol. The van der Waals surface area contributed by atoms with Crippen LogP contribution in [0.1, 0.15) is 12.5 Å². The van der Waals surface area contributed by atoms with Gasteiger partial charge in [0.05, 0.1) is 16.5 Å². The molecule has 0 aliphatic heterocycles. The van der Waals surface area contributed by atoms with Crippen LogP contribution in [0.3, 0.4) is 0 Å². The van der Waals surface area contributed by atoms with Gasteiger partial charge in [-0.25, -0.2) is 4.39 Å². The lowest BCUT2D eigenvalue weighted by atomic mass is 10.1. The molecule has 86 valence electrons. The van der Waals surface area contributed by atoms with E-state index < -0.39 is 0 Å². The molecule has 4 heteroatoms. The van der Waals surface area contributed by atoms with Crippen LogP contribution in [0.4, 0.5) is 4.39 Å². The van der Waals surface area contributed by atoms with Crippen molar-refractivity contribution in [1.29, 1.82) is 5.26 Å². The molecule has 1 aromatic carbocycles. The first-order chi connectivity index (χ1) is 7.52. The Balaban J connectivity index is 2.60. The Hall–Kier alpha value is -0.920. The van der Waals surface area contributed by atoms with Crippen molar-refractivity contribution in [2.24, 2.45) is 5.92 Å². The third-order valence-electron chi connectivity index (χ3n) is 2.24. The fourth-order valence-corrected chi connectivity index (χ4v) is 1.95. The van der Waals surface area contributed by atoms with Gasteiger partial charge in [-0.15, -0.1) is 0 Å². The average molecular weight is 285 g/mol. The monoisotopic (exact) mass is 284 g/mol. The third-order valence-corrected chi connectivity index (χ3v) is 2.85. The second kappa shape index (κ2) is 5.97. The standard InChI is InChI=1S/C12H14BrFN2/c1-9(6-15)7-16(2)8-10-3-4-12(14)11(13)5-10/h3-5,9H,7-8H2,1-2H3. The summed E-state index contributed by atoms with van der Waals surface area (Å²) in [4.78, 5) is 2.05. The van der Waals surface area contributed by atoms with E-state index >= 15 is 0 Å². The molecule has 0 bridgehead atoms. The van der Waals surface area contributed by atoms with Crippen molar-refractivity contribution in [2.75, 3.05) is 13.6 Å². The Morgan fingerprint density at radius 1 is 1.56 bits per heavy atom. The number of benzene rings is 1. The summed E-state index contributed by atoms with van der Waals surface area (Å²) in [7, 11) is 1.95. The Kier molecular flexibility index (Phi) is 4.91. The lowest BCUT2D eigenvalue weighted by Crippen LogP contribution is -2.23. The minimum atomic E-state index is -0.253. The molecular weight excluding hydrogens is 271 g/mol. The summed E-state index contributed by atoms with van der Waals surface area (Å²) in [5.41, 5.74) is 1.03. The number of halogens is 2. The Labute approximate surface area is 104 Å². The van der Waals surface area contributed by atoms with Crippen LogP contribution in [0, 0.1) is 23.1 Å². The molecule has 0 amide bonds. The van der Waals surface area contributed by atoms with Gasteiger partial charge in [-0.1, -0.05) is 6.07 Å². The van der Waals surface area contributed by atoms with Gasteiger partial charge in [0.1, 0.15) is 5.82 Å². The summed E-state index contributed by atoms with van der Waals surface area (Å²) in [6.07, 6.45) is 0. The Bertz CT molecular complexity index is 400. The number of hydrogen-bond donors (Lipinski definition) is 0. The average Bonchev–Trinajstić information content (AvgIpc) is 2.23. The maximum Gasteiger partial charge on any atom is 0.137 e. The molecule has 0 saturated heterocycles. The van der Waals surface area contributed by atoms with Gasteiger partial charge in [-0.05, 0) is 47.6 Å². The summed E-state index contributed by atoms with van der Waals surface area (Å²) in [6, 6.07) is 7.16. The van der Waals surface area contributed by atoms with Crippen LogP contribution in [-0.2, 0) is 6.54 Å². The number of rotatable bonds is 4. The SMILES string of the molecule is CC(C#N)CN(C)Cc1ccc(F)c(Br)c1. The molecule has 0 fully saturated rings. The molecule has 0 saturated carbocycles. The lowest BCUT2D eigenvalue weighted by Gasteiger charge is -2.17. The molecule has 16 heavy (non-hydrogen) atoms. The molecule has 0 radical (unpaired) electrons. The topological polar surface area (TPSA) is 27.0 Å². The highest BCUT2D eigenvalue weighted by molar-refractivity contribution is 9.10. The van der Waals surface area contributed by atoms with E-state index in [1.54, 1.807) is 12.1 Å². The van der Waals surface area contributed by atoms with Crippen LogP contribution in [0.2, 0.25) is 0 Å². The zero-order chi connectivity index (χ0) is 12.1. The van der Waals surface area contributed by atoms with Crippen molar-refractivity contribution in [1.82, 2.24) is 4.90 Å². The predicted octanol–water partition coefficient (Wildman–Crippen LogP) is 3.18. The van der Waals surface area contributed by atoms with Crippen LogP contribution in [0.15, 0.2) is 22.7 Å². The molecule has 0 aliphatic rings. The van der Waals surface area contributed by atoms with E-state index in [0.29, 0.717) is 17.6 Å². The summed E-state index contributed by atoms with van der Waals surface area (Å²) in [5, 5.41) is 8.70. The maximum atomic E-state index is 13.0. The second-order valence-electron chi connectivity index (χ2n) is 3.98. The molecule has 0 N–H and O–H groups in total. The van der Waals surface area contributed by atoms with Crippen molar-refractivity contribution < 1.29 is 4.39 Å². The number of hydrogen-bond acceptors (Lipinski definition) is 2. The summed E-state index contributed by atoms with van der Waals surface area (Å²) >= 11 is 3.15. The van der Waals surface area contributed by atoms with E-state index in [2.05, 4.69) is 22.0 Å². The largest absolute Gasteiger partial charge is 0.301 e. The van der Waals surface area contributed by atoms with E-state index in [4.69, 9.17) is 5.26 Å². The highest BCUT2D eigenvalue weighted by Gasteiger charge is 2.07. The highest BCUT2D eigenvalue weighted by Crippen LogP contribution is 2.17. The summed E-state index contributed by atoms with van der Waals surface area (Å²) < 4.78 is 13.5. The Morgan fingerprint density at radius 2 is 2.25 bits per heavy atom. The molecular formula is C12H14BrFN2. The summed E-state index contributed by atoms with van der Waals surface area (Å²) in [6.45, 7) is 3.31. The van der Waals surface area contributed by atoms with Gasteiger partial charge in [0.15, 0.2) is 0 Å². The van der Waals surface area contributed by atoms with Crippen molar-refractivity contribution >= 4 is 15.9 Å². The first kappa shape index (κ1) is 13.1. The van der Waals surface area contributed by atoms with Crippen molar-refractivity contribution in [3.63, 3.8) is 0 Å². The highest BCUT2D eigenvalue weighted by atomic mass is 79.9. The van der Waals surface area contributed by atoms with E-state index in [1.165, 1.54) is 6.07 Å². The molecule has 0 heterocycles. The van der Waals surface area contributed by atoms with Gasteiger partial charge < -0.3 is 4.90 Å². The molecule has 0 spiro atoms. The molecule has 1 rings (SSSR count). The minimum Gasteiger partial charge on any atom is -0.301 e. The van der Waals surface area contributed by atoms with Crippen LogP contribution in [-0.4, -0.2) is 18.5 Å². The second-order valence-corrected chi connectivity index (χ2v) is 4.83. The molecule has 1 aromatic rings. The first-order valence-corrected chi connectivity index (χ1v) is 5.84. The first-order valence-electron chi connectivity index (χ1n) is 5.05. The van der Waals surface area contributed by atoms with Crippen molar-refractivity contribution in [3.05, 3.63) is 34.1 Å². The van der Waals surface area contributed by atoms with Gasteiger partial charge in [-0.2, -0.15) is 5.26 Å². The molecule has 1 atom stereocenters. The third kappa shape index (κ3) is 3.92. The molecule has 0 aliphatic carbocycles. The fourth-order valence-electron chi connectivity index (χ4n) is 1.52. The van der Waals surface area contributed by atoms with Crippen molar-refractivity contribution in [3.8, 4) is 6.07 Å². The maximum absolute atomic E-state index is 13.0. The zero-order valence-corrected chi connectivity index (χ0v) is 11.0. The molecule has 2 nitrogen and oxygen atoms in total. The van der Waals surface area contributed by atoms with Crippen molar-refractivity contribution in [2.45, 2.75) is 13.5 Å². The van der Waals surface area contributed by atoms with Gasteiger partial charge >= 0.3 is 0 Å². The van der Waals surface area contributed by atoms with Gasteiger partial charge in [0.2, 0.25) is 0 Å². The fraction of sp³-hybridized carbons (Fsp3) is 0.417. The number of nitrogens with zero attached hydrogens (tertiary/aromatic N) is 2. The summed E-state index contributed by atoms with van der Waals surface area (Å²) in [5.74, 6) is -0.245. The normalized spacial score (nSPS) is 12.5. The van der Waals surface area contributed by atoms with Crippen LogP contribution < -0.4 is 0 Å². The smallest absolute Gasteiger partial charge is 0.137 e. The van der Waals surface area contributed by atoms with E-state index in [0.717, 1.165) is 5.56 Å². The van der Waals surface area contributed by atoms with Gasteiger partial charge in [0, 0.05) is 13.1 Å². The van der Waals surface area contributed by atoms with E-state index in [1.807, 2.05) is 18.9 Å². The van der Waals surface area contributed by atoms with Crippen LogP contribution in [0.25, 0.3) is 0 Å². The minimum absolute atomic E-state index is 0.00823. The zero-order valence-electron chi connectivity index (χ0n) is 9.37. The van der Waals surface area contributed by atoms with E-state index in [-0.39, 0.29) is 11.7 Å². The lowest BCUT2D eigenvalue weighted by molar-refractivity contribution is 0.303. The number of nitriles is 1. The molecule has 1 unspecified atom stereocenters. The van der Waals surface area contributed by atoms with Gasteiger partial charge in [0.25, 0.3) is 0 Å². The molecule has 0 aromatic heterocycles. The van der Waals surface area contributed by atoms with Crippen LogP contribution in [0.5, 0.6) is 0 Å². The Morgan fingerprint density at radius 3 is 2.81 bits per heavy atom. The van der Waals surface area contributed by atoms with E-state index in [9.17, 15) is 4.39 Å². The van der Waals surface area contributed by atoms with Crippen LogP contribution >= 0.6 is 15.9 Å². The van der Waals surface area contributed by atoms with Gasteiger partial charge in [-0.3, -0.25) is 0 Å². The quantitative estimate of drug-likeness (QED) is 0.849.